The van der Waals surface area contributed by atoms with Crippen LogP contribution in [0.15, 0.2) is 0 Å². The smallest absolute Gasteiger partial charge is 0.0383 e. The number of carboxylic acid groups (broad SMARTS) is 4. The van der Waals surface area contributed by atoms with Gasteiger partial charge in [0.15, 0.2) is 0 Å². The molecule has 0 aromatic carbocycles. The summed E-state index contributed by atoms with van der Waals surface area (Å²) in [6.07, 6.45) is -2.33. The van der Waals surface area contributed by atoms with Gasteiger partial charge in [-0.2, -0.15) is 0 Å². The topological polar surface area (TPSA) is 143 Å². The molecule has 0 spiro atoms. The molecule has 0 fully saturated rings. The van der Waals surface area contributed by atoms with Crippen LogP contribution in [0.4, 0.5) is 4.79 Å². The Morgan fingerprint density at radius 2 is 0.769 bits per heavy atom. The van der Waals surface area contributed by atoms with Gasteiger partial charge in [0.1, 0.15) is 0 Å². The number of hydrogen-bond acceptors (Lipinski definition) is 7. The Labute approximate surface area is 94.2 Å². The van der Waals surface area contributed by atoms with E-state index in [1.54, 1.807) is 0 Å². The van der Waals surface area contributed by atoms with E-state index < -0.39 is 18.1 Å². The van der Waals surface area contributed by atoms with Crippen molar-refractivity contribution >= 4 is 45.4 Å². The molecular formula is C5H6O7Pb-4. The predicted octanol–water partition coefficient (Wildman–Crippen LogP) is -5.32. The largest absolute Gasteiger partial charge is 0.652 e. The van der Waals surface area contributed by atoms with Crippen LogP contribution >= 0.6 is 0 Å². The third kappa shape index (κ3) is 1230. The van der Waals surface area contributed by atoms with E-state index in [0.29, 0.717) is 0 Å². The zero-order valence-electron chi connectivity index (χ0n) is 6.86. The summed E-state index contributed by atoms with van der Waals surface area (Å²) in [5, 5.41) is 34.4. The summed E-state index contributed by atoms with van der Waals surface area (Å²) in [4.78, 5) is 26.1. The molecule has 0 aliphatic rings. The maximum atomic E-state index is 8.89. The molecule has 0 aromatic rings. The molecule has 4 radical (unpaired) electrons. The van der Waals surface area contributed by atoms with E-state index in [1.807, 2.05) is 0 Å². The molecule has 0 heterocycles. The van der Waals surface area contributed by atoms with Crippen molar-refractivity contribution in [2.75, 3.05) is 0 Å². The molecule has 0 N–H and O–H groups in total. The zero-order chi connectivity index (χ0) is 10.7. The molecule has 76 valence electrons. The minimum absolute atomic E-state index is 0. The Morgan fingerprint density at radius 1 is 0.769 bits per heavy atom. The fourth-order valence-corrected chi connectivity index (χ4v) is 0. The molecule has 0 bridgehead atoms. The Morgan fingerprint density at radius 3 is 0.769 bits per heavy atom. The van der Waals surface area contributed by atoms with Gasteiger partial charge in [0.05, 0.1) is 0 Å². The quantitative estimate of drug-likeness (QED) is 0.379. The molecule has 0 saturated carbocycles. The van der Waals surface area contributed by atoms with Gasteiger partial charge in [0.2, 0.25) is 0 Å². The van der Waals surface area contributed by atoms with E-state index in [1.165, 1.54) is 0 Å². The van der Waals surface area contributed by atoms with Crippen LogP contribution in [0.1, 0.15) is 13.8 Å². The van der Waals surface area contributed by atoms with Gasteiger partial charge >= 0.3 is 0 Å². The van der Waals surface area contributed by atoms with E-state index in [0.717, 1.165) is 13.8 Å². The van der Waals surface area contributed by atoms with Gasteiger partial charge in [-0.25, -0.2) is 0 Å². The van der Waals surface area contributed by atoms with Crippen LogP contribution in [-0.4, -0.2) is 45.4 Å². The summed E-state index contributed by atoms with van der Waals surface area (Å²) >= 11 is 0. The second-order valence-corrected chi connectivity index (χ2v) is 1.23. The number of carboxylic acids is 2. The van der Waals surface area contributed by atoms with Gasteiger partial charge in [0, 0.05) is 39.2 Å². The second kappa shape index (κ2) is 17.3. The zero-order valence-corrected chi connectivity index (χ0v) is 10.7. The number of aliphatic carboxylic acids is 2. The van der Waals surface area contributed by atoms with Crippen LogP contribution in [0.2, 0.25) is 0 Å². The molecule has 0 aliphatic carbocycles. The summed E-state index contributed by atoms with van der Waals surface area (Å²) < 4.78 is 0. The summed E-state index contributed by atoms with van der Waals surface area (Å²) in [6, 6.07) is 0. The van der Waals surface area contributed by atoms with Gasteiger partial charge in [-0.3, -0.25) is 0 Å². The Bertz CT molecular complexity index is 114. The normalized spacial score (nSPS) is 5.69. The molecule has 7 nitrogen and oxygen atoms in total. The summed E-state index contributed by atoms with van der Waals surface area (Å²) in [6.45, 7) is 1.94. The maximum Gasteiger partial charge on any atom is 0.0383 e. The molecular weight excluding hydrogens is 379 g/mol. The third-order valence-corrected chi connectivity index (χ3v) is 0. The fourth-order valence-electron chi connectivity index (χ4n) is 0. The van der Waals surface area contributed by atoms with Crippen molar-refractivity contribution in [2.45, 2.75) is 13.8 Å². The molecule has 8 heteroatoms. The van der Waals surface area contributed by atoms with Crippen LogP contribution < -0.4 is 20.4 Å². The average Bonchev–Trinajstić information content (AvgIpc) is 1.54. The molecule has 0 aromatic heterocycles. The first-order chi connectivity index (χ1) is 5.20. The summed E-state index contributed by atoms with van der Waals surface area (Å²) in [5.41, 5.74) is 0. The van der Waals surface area contributed by atoms with Crippen LogP contribution in [0, 0.1) is 0 Å². The Balaban J connectivity index is -0.0000000450. The number of carbonyl (C=O) groups is 3. The fraction of sp³-hybridized carbons (Fsp3) is 0.400. The molecule has 0 amide bonds. The first kappa shape index (κ1) is 22.7. The van der Waals surface area contributed by atoms with Gasteiger partial charge in [0.25, 0.3) is 0 Å². The van der Waals surface area contributed by atoms with Gasteiger partial charge in [-0.05, 0) is 20.0 Å². The van der Waals surface area contributed by atoms with E-state index in [9.17, 15) is 0 Å². The Kier molecular flexibility index (Phi) is 30.2. The van der Waals surface area contributed by atoms with Crippen molar-refractivity contribution < 1.29 is 34.8 Å². The molecule has 13 heavy (non-hydrogen) atoms. The summed E-state index contributed by atoms with van der Waals surface area (Å²) in [5.74, 6) is -2.17. The molecule has 0 rings (SSSR count). The van der Waals surface area contributed by atoms with Crippen molar-refractivity contribution in [2.24, 2.45) is 0 Å². The van der Waals surface area contributed by atoms with Crippen molar-refractivity contribution in [3.8, 4) is 0 Å². The van der Waals surface area contributed by atoms with Gasteiger partial charge in [-0.1, -0.05) is 0 Å². The van der Waals surface area contributed by atoms with Crippen LogP contribution in [0.25, 0.3) is 0 Å². The molecule has 0 atom stereocenters. The standard InChI is InChI=1S/2C2H4O2.CH2O3.Pb/c2*1-2(3)4;2-1(3)4;/h2*1H3,(H,3,4);(H2,2,3,4);/p-4. The number of hydrogen-bond donors (Lipinski definition) is 0. The van der Waals surface area contributed by atoms with E-state index >= 15 is 0 Å². The average molecular weight is 385 g/mol. The molecule has 0 aliphatic heterocycles. The van der Waals surface area contributed by atoms with E-state index in [4.69, 9.17) is 34.8 Å². The maximum absolute atomic E-state index is 8.89. The van der Waals surface area contributed by atoms with Crippen molar-refractivity contribution in [1.82, 2.24) is 0 Å². The van der Waals surface area contributed by atoms with Gasteiger partial charge in [-0.15, -0.1) is 0 Å². The minimum atomic E-state index is -2.33. The monoisotopic (exact) mass is 386 g/mol. The SMILES string of the molecule is CC(=O)[O-].CC(=O)[O-].O=C([O-])[O-].[Pb]. The summed E-state index contributed by atoms with van der Waals surface area (Å²) in [7, 11) is 0. The van der Waals surface area contributed by atoms with Crippen LogP contribution in [0.3, 0.4) is 0 Å². The van der Waals surface area contributed by atoms with Crippen LogP contribution in [0.5, 0.6) is 0 Å². The molecule has 0 saturated heterocycles. The van der Waals surface area contributed by atoms with E-state index in [2.05, 4.69) is 0 Å². The van der Waals surface area contributed by atoms with Crippen molar-refractivity contribution in [1.29, 1.82) is 0 Å². The minimum Gasteiger partial charge on any atom is -0.652 e. The van der Waals surface area contributed by atoms with Crippen molar-refractivity contribution in [3.05, 3.63) is 0 Å². The molecule has 0 unspecified atom stereocenters. The van der Waals surface area contributed by atoms with Crippen LogP contribution in [-0.2, 0) is 9.59 Å². The third-order valence-electron chi connectivity index (χ3n) is 0. The van der Waals surface area contributed by atoms with Crippen molar-refractivity contribution in [3.63, 3.8) is 0 Å². The Hall–Kier alpha value is -0.868. The first-order valence-corrected chi connectivity index (χ1v) is 2.43. The number of carbonyl (C=O) groups excluding carboxylic acids is 3. The predicted molar refractivity (Wildman–Crippen MR) is 32.5 cm³/mol. The van der Waals surface area contributed by atoms with E-state index in [-0.39, 0.29) is 27.3 Å². The van der Waals surface area contributed by atoms with Gasteiger partial charge < -0.3 is 34.8 Å². The second-order valence-electron chi connectivity index (χ2n) is 1.23. The first-order valence-electron chi connectivity index (χ1n) is 2.43. The number of rotatable bonds is 0.